The fraction of sp³-hybridized carbons (Fsp3) is 0.435. The Balaban J connectivity index is 1.63. The maximum Gasteiger partial charge on any atom is 0.282 e. The molecule has 0 radical (unpaired) electrons. The molecule has 5 heteroatoms. The SMILES string of the molecule is Cc1cc(C)c(NC(=O)[C@H](C)[NH+]2CCN(c3cc(Cl)ccc3C)CC2)c(C)c1. The van der Waals surface area contributed by atoms with Crippen molar-refractivity contribution < 1.29 is 9.69 Å². The number of quaternary nitrogens is 1. The van der Waals surface area contributed by atoms with Crippen LogP contribution in [0.25, 0.3) is 0 Å². The van der Waals surface area contributed by atoms with Crippen LogP contribution in [0.4, 0.5) is 11.4 Å². The van der Waals surface area contributed by atoms with Gasteiger partial charge in [0.25, 0.3) is 5.91 Å². The average molecular weight is 401 g/mol. The molecule has 1 heterocycles. The highest BCUT2D eigenvalue weighted by Crippen LogP contribution is 2.24. The van der Waals surface area contributed by atoms with E-state index >= 15 is 0 Å². The molecule has 0 aliphatic carbocycles. The van der Waals surface area contributed by atoms with Crippen LogP contribution in [0.5, 0.6) is 0 Å². The molecule has 1 fully saturated rings. The van der Waals surface area contributed by atoms with E-state index in [9.17, 15) is 4.79 Å². The Morgan fingerprint density at radius 2 is 1.64 bits per heavy atom. The Morgan fingerprint density at radius 3 is 2.25 bits per heavy atom. The van der Waals surface area contributed by atoms with Gasteiger partial charge in [0.1, 0.15) is 0 Å². The van der Waals surface area contributed by atoms with E-state index in [0.717, 1.165) is 48.0 Å². The van der Waals surface area contributed by atoms with Crippen molar-refractivity contribution in [1.82, 2.24) is 0 Å². The number of nitrogens with one attached hydrogen (secondary N) is 2. The molecule has 1 amide bonds. The van der Waals surface area contributed by atoms with Gasteiger partial charge in [0, 0.05) is 16.4 Å². The number of aryl methyl sites for hydroxylation is 4. The summed E-state index contributed by atoms with van der Waals surface area (Å²) in [4.78, 5) is 16.6. The predicted octanol–water partition coefficient (Wildman–Crippen LogP) is 3.31. The number of anilines is 2. The van der Waals surface area contributed by atoms with Crippen molar-refractivity contribution >= 4 is 28.9 Å². The highest BCUT2D eigenvalue weighted by atomic mass is 35.5. The molecule has 2 aromatic rings. The Kier molecular flexibility index (Phi) is 6.31. The maximum absolute atomic E-state index is 12.9. The van der Waals surface area contributed by atoms with Crippen LogP contribution in [-0.4, -0.2) is 38.1 Å². The van der Waals surface area contributed by atoms with Crippen LogP contribution < -0.4 is 15.1 Å². The van der Waals surface area contributed by atoms with Gasteiger partial charge in [0.05, 0.1) is 26.2 Å². The lowest BCUT2D eigenvalue weighted by molar-refractivity contribution is -0.914. The highest BCUT2D eigenvalue weighted by Gasteiger charge is 2.30. The maximum atomic E-state index is 12.9. The Labute approximate surface area is 173 Å². The summed E-state index contributed by atoms with van der Waals surface area (Å²) in [5.74, 6) is 0.0949. The molecule has 0 spiro atoms. The summed E-state index contributed by atoms with van der Waals surface area (Å²) in [6.45, 7) is 14.1. The lowest BCUT2D eigenvalue weighted by Crippen LogP contribution is -3.19. The van der Waals surface area contributed by atoms with Gasteiger partial charge in [0.2, 0.25) is 0 Å². The zero-order valence-electron chi connectivity index (χ0n) is 17.5. The van der Waals surface area contributed by atoms with Gasteiger partial charge in [-0.1, -0.05) is 35.4 Å². The molecule has 0 aromatic heterocycles. The normalized spacial score (nSPS) is 16.1. The van der Waals surface area contributed by atoms with Crippen molar-refractivity contribution in [3.05, 3.63) is 57.6 Å². The van der Waals surface area contributed by atoms with E-state index in [2.05, 4.69) is 56.1 Å². The van der Waals surface area contributed by atoms with E-state index in [0.29, 0.717) is 0 Å². The number of benzene rings is 2. The molecule has 28 heavy (non-hydrogen) atoms. The predicted molar refractivity (Wildman–Crippen MR) is 118 cm³/mol. The summed E-state index contributed by atoms with van der Waals surface area (Å²) in [7, 11) is 0. The number of amides is 1. The number of hydrogen-bond acceptors (Lipinski definition) is 2. The van der Waals surface area contributed by atoms with Crippen molar-refractivity contribution in [2.24, 2.45) is 0 Å². The van der Waals surface area contributed by atoms with E-state index in [4.69, 9.17) is 11.6 Å². The van der Waals surface area contributed by atoms with Crippen LogP contribution in [-0.2, 0) is 4.79 Å². The third-order valence-electron chi connectivity index (χ3n) is 5.85. The largest absolute Gasteiger partial charge is 0.360 e. The number of rotatable bonds is 4. The first kappa shape index (κ1) is 20.7. The average Bonchev–Trinajstić information content (AvgIpc) is 2.66. The van der Waals surface area contributed by atoms with Gasteiger partial charge >= 0.3 is 0 Å². The standard InChI is InChI=1S/C23H30ClN3O/c1-15-12-17(3)22(18(4)13-15)25-23(28)19(5)26-8-10-27(11-9-26)21-14-20(24)7-6-16(21)2/h6-7,12-14,19H,8-11H2,1-5H3,(H,25,28)/p+1/t19-/m0/s1. The van der Waals surface area contributed by atoms with E-state index in [-0.39, 0.29) is 11.9 Å². The van der Waals surface area contributed by atoms with E-state index in [1.165, 1.54) is 21.7 Å². The number of piperazine rings is 1. The fourth-order valence-electron chi connectivity index (χ4n) is 4.19. The van der Waals surface area contributed by atoms with Gasteiger partial charge in [-0.05, 0) is 63.4 Å². The van der Waals surface area contributed by atoms with Crippen molar-refractivity contribution in [3.63, 3.8) is 0 Å². The quantitative estimate of drug-likeness (QED) is 0.826. The van der Waals surface area contributed by atoms with Crippen molar-refractivity contribution in [3.8, 4) is 0 Å². The minimum atomic E-state index is -0.0808. The van der Waals surface area contributed by atoms with E-state index < -0.39 is 0 Å². The molecule has 3 rings (SSSR count). The van der Waals surface area contributed by atoms with Crippen LogP contribution in [0.1, 0.15) is 29.2 Å². The summed E-state index contributed by atoms with van der Waals surface area (Å²) in [6, 6.07) is 10.2. The lowest BCUT2D eigenvalue weighted by atomic mass is 10.0. The topological polar surface area (TPSA) is 36.8 Å². The van der Waals surface area contributed by atoms with E-state index in [1.54, 1.807) is 0 Å². The zero-order valence-corrected chi connectivity index (χ0v) is 18.3. The molecule has 1 aliphatic rings. The molecule has 0 unspecified atom stereocenters. The molecule has 2 aromatic carbocycles. The van der Waals surface area contributed by atoms with Gasteiger partial charge in [-0.2, -0.15) is 0 Å². The second-order valence-corrected chi connectivity index (χ2v) is 8.50. The van der Waals surface area contributed by atoms with E-state index in [1.807, 2.05) is 19.1 Å². The molecule has 0 bridgehead atoms. The number of carbonyl (C=O) groups excluding carboxylic acids is 1. The number of carbonyl (C=O) groups is 1. The summed E-state index contributed by atoms with van der Waals surface area (Å²) in [5.41, 5.74) is 6.86. The Morgan fingerprint density at radius 1 is 1.04 bits per heavy atom. The van der Waals surface area contributed by atoms with Gasteiger partial charge < -0.3 is 15.1 Å². The molecule has 1 atom stereocenters. The van der Waals surface area contributed by atoms with Crippen LogP contribution in [0.3, 0.4) is 0 Å². The summed E-state index contributed by atoms with van der Waals surface area (Å²) >= 11 is 6.18. The number of hydrogen-bond donors (Lipinski definition) is 2. The summed E-state index contributed by atoms with van der Waals surface area (Å²) in [6.07, 6.45) is 0. The van der Waals surface area contributed by atoms with Crippen LogP contribution in [0.2, 0.25) is 5.02 Å². The summed E-state index contributed by atoms with van der Waals surface area (Å²) in [5, 5.41) is 3.94. The first-order valence-electron chi connectivity index (χ1n) is 10.0. The third kappa shape index (κ3) is 4.50. The first-order chi connectivity index (χ1) is 13.3. The first-order valence-corrected chi connectivity index (χ1v) is 10.4. The zero-order chi connectivity index (χ0) is 20.4. The fourth-order valence-corrected chi connectivity index (χ4v) is 4.35. The Bertz CT molecular complexity index is 849. The molecule has 4 nitrogen and oxygen atoms in total. The minimum absolute atomic E-state index is 0.0808. The van der Waals surface area contributed by atoms with Gasteiger partial charge in [-0.25, -0.2) is 0 Å². The van der Waals surface area contributed by atoms with Crippen LogP contribution in [0, 0.1) is 27.7 Å². The Hall–Kier alpha value is -2.04. The molecular formula is C23H31ClN3O+. The smallest absolute Gasteiger partial charge is 0.282 e. The van der Waals surface area contributed by atoms with Gasteiger partial charge in [0.15, 0.2) is 6.04 Å². The molecule has 150 valence electrons. The molecule has 2 N–H and O–H groups in total. The third-order valence-corrected chi connectivity index (χ3v) is 6.08. The number of nitrogens with zero attached hydrogens (tertiary/aromatic N) is 1. The van der Waals surface area contributed by atoms with Gasteiger partial charge in [-0.3, -0.25) is 4.79 Å². The number of halogens is 1. The second kappa shape index (κ2) is 8.54. The monoisotopic (exact) mass is 400 g/mol. The van der Waals surface area contributed by atoms with Gasteiger partial charge in [-0.15, -0.1) is 0 Å². The highest BCUT2D eigenvalue weighted by molar-refractivity contribution is 6.30. The van der Waals surface area contributed by atoms with Crippen molar-refractivity contribution in [1.29, 1.82) is 0 Å². The second-order valence-electron chi connectivity index (χ2n) is 8.06. The van der Waals surface area contributed by atoms with Crippen LogP contribution in [0.15, 0.2) is 30.3 Å². The van der Waals surface area contributed by atoms with Crippen molar-refractivity contribution in [2.75, 3.05) is 36.4 Å². The molecule has 0 saturated carbocycles. The summed E-state index contributed by atoms with van der Waals surface area (Å²) < 4.78 is 0. The molecule has 1 aliphatic heterocycles. The minimum Gasteiger partial charge on any atom is -0.360 e. The van der Waals surface area contributed by atoms with Crippen LogP contribution >= 0.6 is 11.6 Å². The molecular weight excluding hydrogens is 370 g/mol. The lowest BCUT2D eigenvalue weighted by Gasteiger charge is -2.36. The van der Waals surface area contributed by atoms with Crippen molar-refractivity contribution in [2.45, 2.75) is 40.7 Å². The molecule has 1 saturated heterocycles.